The van der Waals surface area contributed by atoms with E-state index < -0.39 is 12.0 Å². The van der Waals surface area contributed by atoms with Gasteiger partial charge in [0.15, 0.2) is 0 Å². The van der Waals surface area contributed by atoms with E-state index in [0.717, 1.165) is 10.0 Å². The largest absolute Gasteiger partial charge is 0.463 e. The molecule has 0 saturated heterocycles. The van der Waals surface area contributed by atoms with Gasteiger partial charge in [-0.25, -0.2) is 9.59 Å². The summed E-state index contributed by atoms with van der Waals surface area (Å²) in [4.78, 5) is 27.9. The van der Waals surface area contributed by atoms with Crippen molar-refractivity contribution in [2.24, 2.45) is 0 Å². The molecule has 1 aliphatic rings. The molecule has 0 N–H and O–H groups in total. The van der Waals surface area contributed by atoms with Gasteiger partial charge in [-0.2, -0.15) is 0 Å². The fraction of sp³-hybridized carbons (Fsp3) is 0.375. The molecule has 0 aromatic heterocycles. The van der Waals surface area contributed by atoms with Crippen molar-refractivity contribution < 1.29 is 14.3 Å². The zero-order valence-corrected chi connectivity index (χ0v) is 14.7. The van der Waals surface area contributed by atoms with E-state index in [2.05, 4.69) is 15.9 Å². The fourth-order valence-electron chi connectivity index (χ4n) is 2.59. The van der Waals surface area contributed by atoms with Crippen LogP contribution in [-0.4, -0.2) is 42.5 Å². The van der Waals surface area contributed by atoms with Crippen LogP contribution in [0.4, 0.5) is 4.79 Å². The minimum atomic E-state index is -0.474. The Labute approximate surface area is 138 Å². The van der Waals surface area contributed by atoms with Crippen molar-refractivity contribution in [3.63, 3.8) is 0 Å². The third-order valence-electron chi connectivity index (χ3n) is 3.84. The second-order valence-electron chi connectivity index (χ2n) is 5.10. The molecule has 118 valence electrons. The zero-order valence-electron chi connectivity index (χ0n) is 13.1. The van der Waals surface area contributed by atoms with Gasteiger partial charge in [-0.05, 0) is 25.5 Å². The van der Waals surface area contributed by atoms with Crippen molar-refractivity contribution in [1.29, 1.82) is 0 Å². The predicted molar refractivity (Wildman–Crippen MR) is 87.1 cm³/mol. The number of benzene rings is 1. The number of ether oxygens (including phenoxy) is 1. The number of amides is 2. The number of rotatable bonds is 3. The van der Waals surface area contributed by atoms with Crippen molar-refractivity contribution in [1.82, 2.24) is 9.80 Å². The van der Waals surface area contributed by atoms with Crippen LogP contribution in [0.5, 0.6) is 0 Å². The van der Waals surface area contributed by atoms with Gasteiger partial charge < -0.3 is 14.5 Å². The number of likely N-dealkylation sites (N-methyl/N-ethyl adjacent to an activating group) is 1. The van der Waals surface area contributed by atoms with Crippen LogP contribution in [0.3, 0.4) is 0 Å². The van der Waals surface area contributed by atoms with Gasteiger partial charge in [-0.1, -0.05) is 34.1 Å². The van der Waals surface area contributed by atoms with Gasteiger partial charge in [0.1, 0.15) is 0 Å². The molecule has 0 fully saturated rings. The van der Waals surface area contributed by atoms with Gasteiger partial charge in [0.25, 0.3) is 0 Å². The Hall–Kier alpha value is -1.82. The topological polar surface area (TPSA) is 49.9 Å². The van der Waals surface area contributed by atoms with E-state index in [1.807, 2.05) is 24.3 Å². The smallest absolute Gasteiger partial charge is 0.338 e. The molecule has 0 bridgehead atoms. The molecular formula is C16H19BrN2O3. The molecule has 0 aliphatic carbocycles. The highest BCUT2D eigenvalue weighted by atomic mass is 79.9. The van der Waals surface area contributed by atoms with Crippen LogP contribution in [-0.2, 0) is 9.53 Å². The number of hydrogen-bond donors (Lipinski definition) is 0. The normalized spacial score (nSPS) is 18.8. The number of nitrogens with zero attached hydrogens (tertiary/aromatic N) is 2. The summed E-state index contributed by atoms with van der Waals surface area (Å²) in [6, 6.07) is 6.94. The molecular weight excluding hydrogens is 348 g/mol. The fourth-order valence-corrected chi connectivity index (χ4v) is 3.09. The summed E-state index contributed by atoms with van der Waals surface area (Å²) in [6.45, 7) is 3.82. The van der Waals surface area contributed by atoms with Gasteiger partial charge in [0.05, 0.1) is 18.2 Å². The lowest BCUT2D eigenvalue weighted by Crippen LogP contribution is -2.47. The van der Waals surface area contributed by atoms with Gasteiger partial charge in [0, 0.05) is 24.3 Å². The number of esters is 1. The third-order valence-corrected chi connectivity index (χ3v) is 4.56. The number of carbonyl (C=O) groups is 2. The highest BCUT2D eigenvalue weighted by Gasteiger charge is 2.39. The second-order valence-corrected chi connectivity index (χ2v) is 5.95. The minimum Gasteiger partial charge on any atom is -0.463 e. The number of carbonyl (C=O) groups excluding carboxylic acids is 2. The van der Waals surface area contributed by atoms with Crippen LogP contribution in [0.15, 0.2) is 40.0 Å². The summed E-state index contributed by atoms with van der Waals surface area (Å²) in [6.07, 6.45) is 0. The molecule has 1 aromatic carbocycles. The van der Waals surface area contributed by atoms with Crippen molar-refractivity contribution >= 4 is 27.9 Å². The quantitative estimate of drug-likeness (QED) is 0.770. The molecule has 5 nitrogen and oxygen atoms in total. The number of hydrogen-bond acceptors (Lipinski definition) is 3. The maximum absolute atomic E-state index is 12.4. The van der Waals surface area contributed by atoms with E-state index in [-0.39, 0.29) is 6.03 Å². The molecule has 0 radical (unpaired) electrons. The number of halogens is 1. The van der Waals surface area contributed by atoms with E-state index in [1.54, 1.807) is 32.8 Å². The average molecular weight is 367 g/mol. The van der Waals surface area contributed by atoms with E-state index >= 15 is 0 Å². The first-order valence-electron chi connectivity index (χ1n) is 7.03. The van der Waals surface area contributed by atoms with Crippen LogP contribution in [0.1, 0.15) is 25.5 Å². The maximum Gasteiger partial charge on any atom is 0.338 e. The van der Waals surface area contributed by atoms with E-state index in [1.165, 1.54) is 4.90 Å². The molecule has 1 heterocycles. The van der Waals surface area contributed by atoms with Crippen LogP contribution in [0.25, 0.3) is 0 Å². The highest BCUT2D eigenvalue weighted by Crippen LogP contribution is 2.38. The summed E-state index contributed by atoms with van der Waals surface area (Å²) >= 11 is 3.50. The monoisotopic (exact) mass is 366 g/mol. The van der Waals surface area contributed by atoms with Crippen molar-refractivity contribution in [3.05, 3.63) is 45.6 Å². The molecule has 1 aliphatic heterocycles. The van der Waals surface area contributed by atoms with Crippen LogP contribution in [0.2, 0.25) is 0 Å². The molecule has 0 saturated carbocycles. The van der Waals surface area contributed by atoms with Gasteiger partial charge in [-0.15, -0.1) is 0 Å². The second kappa shape index (κ2) is 6.52. The minimum absolute atomic E-state index is 0.161. The highest BCUT2D eigenvalue weighted by molar-refractivity contribution is 9.10. The Morgan fingerprint density at radius 3 is 2.55 bits per heavy atom. The summed E-state index contributed by atoms with van der Waals surface area (Å²) in [5.41, 5.74) is 1.95. The lowest BCUT2D eigenvalue weighted by atomic mass is 9.94. The molecule has 1 atom stereocenters. The predicted octanol–water partition coefficient (Wildman–Crippen LogP) is 3.32. The molecule has 2 rings (SSSR count). The first-order valence-corrected chi connectivity index (χ1v) is 7.82. The van der Waals surface area contributed by atoms with Crippen molar-refractivity contribution in [2.45, 2.75) is 19.9 Å². The Morgan fingerprint density at radius 2 is 1.95 bits per heavy atom. The number of urea groups is 1. The lowest BCUT2D eigenvalue weighted by Gasteiger charge is -2.39. The molecule has 22 heavy (non-hydrogen) atoms. The lowest BCUT2D eigenvalue weighted by molar-refractivity contribution is -0.139. The molecule has 1 aromatic rings. The van der Waals surface area contributed by atoms with E-state index in [0.29, 0.717) is 17.9 Å². The Balaban J connectivity index is 2.63. The van der Waals surface area contributed by atoms with Crippen LogP contribution < -0.4 is 0 Å². The summed E-state index contributed by atoms with van der Waals surface area (Å²) < 4.78 is 6.04. The van der Waals surface area contributed by atoms with Crippen molar-refractivity contribution in [2.75, 3.05) is 20.7 Å². The molecule has 0 unspecified atom stereocenters. The van der Waals surface area contributed by atoms with Gasteiger partial charge >= 0.3 is 12.0 Å². The molecule has 0 spiro atoms. The Morgan fingerprint density at radius 1 is 1.32 bits per heavy atom. The Bertz CT molecular complexity index is 642. The summed E-state index contributed by atoms with van der Waals surface area (Å²) in [7, 11) is 3.35. The first kappa shape index (κ1) is 16.5. The first-order chi connectivity index (χ1) is 10.4. The SMILES string of the molecule is CCOC(=O)C1=C(C)N(C)C(=O)N(C)[C@@H]1c1ccccc1Br. The summed E-state index contributed by atoms with van der Waals surface area (Å²) in [5.74, 6) is -0.396. The van der Waals surface area contributed by atoms with E-state index in [9.17, 15) is 9.59 Å². The van der Waals surface area contributed by atoms with Crippen LogP contribution in [0, 0.1) is 0 Å². The standard InChI is InChI=1S/C16H19BrN2O3/c1-5-22-15(20)13-10(2)18(3)16(21)19(4)14(13)11-8-6-7-9-12(11)17/h6-9,14H,5H2,1-4H3/t14-/m1/s1. The van der Waals surface area contributed by atoms with Crippen molar-refractivity contribution in [3.8, 4) is 0 Å². The van der Waals surface area contributed by atoms with Gasteiger partial charge in [0.2, 0.25) is 0 Å². The van der Waals surface area contributed by atoms with Crippen LogP contribution >= 0.6 is 15.9 Å². The molecule has 6 heteroatoms. The third kappa shape index (κ3) is 2.75. The van der Waals surface area contributed by atoms with E-state index in [4.69, 9.17) is 4.74 Å². The average Bonchev–Trinajstić information content (AvgIpc) is 2.49. The zero-order chi connectivity index (χ0) is 16.4. The maximum atomic E-state index is 12.4. The summed E-state index contributed by atoms with van der Waals surface area (Å²) in [5, 5.41) is 0. The van der Waals surface area contributed by atoms with Gasteiger partial charge in [-0.3, -0.25) is 0 Å². The Kier molecular flexibility index (Phi) is 4.90. The molecule has 2 amide bonds. The number of allylic oxidation sites excluding steroid dienone is 1.